The van der Waals surface area contributed by atoms with Gasteiger partial charge in [-0.2, -0.15) is 5.10 Å². The van der Waals surface area contributed by atoms with Crippen LogP contribution in [0.25, 0.3) is 10.2 Å². The Morgan fingerprint density at radius 2 is 1.92 bits per heavy atom. The Morgan fingerprint density at radius 3 is 2.68 bits per heavy atom. The molecule has 2 heterocycles. The Bertz CT molecular complexity index is 995. The molecule has 0 aliphatic heterocycles. The molecular formula is C17H13N5O2S. The largest absolute Gasteiger partial charge is 0.292 e. The normalized spacial score (nSPS) is 10.9. The van der Waals surface area contributed by atoms with E-state index in [9.17, 15) is 10.1 Å². The fourth-order valence-corrected chi connectivity index (χ4v) is 3.56. The van der Waals surface area contributed by atoms with E-state index in [1.165, 1.54) is 17.4 Å². The Balaban J connectivity index is 1.86. The number of hydrogen-bond donors (Lipinski definition) is 0. The van der Waals surface area contributed by atoms with Crippen LogP contribution in [0.1, 0.15) is 0 Å². The first-order valence-corrected chi connectivity index (χ1v) is 8.38. The number of para-hydroxylation sites is 3. The number of hydrogen-bond acceptors (Lipinski definition) is 6. The maximum atomic E-state index is 11.5. The van der Waals surface area contributed by atoms with Gasteiger partial charge in [0.15, 0.2) is 5.13 Å². The van der Waals surface area contributed by atoms with Crippen molar-refractivity contribution in [3.8, 4) is 0 Å². The molecule has 0 spiro atoms. The lowest BCUT2D eigenvalue weighted by Crippen LogP contribution is -2.22. The molecule has 2 aromatic heterocycles. The highest BCUT2D eigenvalue weighted by atomic mass is 32.1. The van der Waals surface area contributed by atoms with Crippen molar-refractivity contribution in [1.82, 2.24) is 14.8 Å². The van der Waals surface area contributed by atoms with Crippen molar-refractivity contribution in [2.45, 2.75) is 6.67 Å². The van der Waals surface area contributed by atoms with Gasteiger partial charge < -0.3 is 0 Å². The summed E-state index contributed by atoms with van der Waals surface area (Å²) in [6.07, 6.45) is 3.49. The third kappa shape index (κ3) is 2.94. The molecule has 8 heteroatoms. The van der Waals surface area contributed by atoms with Crippen LogP contribution < -0.4 is 4.90 Å². The second-order valence-electron chi connectivity index (χ2n) is 5.32. The third-order valence-corrected chi connectivity index (χ3v) is 4.79. The summed E-state index contributed by atoms with van der Waals surface area (Å²) in [5.74, 6) is 0. The first-order valence-electron chi connectivity index (χ1n) is 7.56. The number of aromatic nitrogens is 3. The summed E-state index contributed by atoms with van der Waals surface area (Å²) in [7, 11) is 0. The monoisotopic (exact) mass is 351 g/mol. The van der Waals surface area contributed by atoms with Crippen LogP contribution in [0.5, 0.6) is 0 Å². The quantitative estimate of drug-likeness (QED) is 0.398. The van der Waals surface area contributed by atoms with Crippen molar-refractivity contribution in [2.75, 3.05) is 4.90 Å². The zero-order valence-electron chi connectivity index (χ0n) is 13.0. The molecule has 0 saturated heterocycles. The van der Waals surface area contributed by atoms with Crippen molar-refractivity contribution >= 4 is 38.1 Å². The number of nitro groups is 1. The summed E-state index contributed by atoms with van der Waals surface area (Å²) < 4.78 is 2.74. The van der Waals surface area contributed by atoms with E-state index in [0.29, 0.717) is 17.5 Å². The standard InChI is InChI=1S/C17H13N5O2S/c23-22(24)15-8-3-2-7-14(15)21(12-20-11-5-10-18-20)17-19-13-6-1-4-9-16(13)25-17/h1-11H,12H2. The summed E-state index contributed by atoms with van der Waals surface area (Å²) in [6, 6.07) is 16.3. The molecule has 25 heavy (non-hydrogen) atoms. The lowest BCUT2D eigenvalue weighted by atomic mass is 10.2. The molecule has 0 aliphatic carbocycles. The van der Waals surface area contributed by atoms with Gasteiger partial charge in [0.2, 0.25) is 0 Å². The van der Waals surface area contributed by atoms with Gasteiger partial charge in [0.25, 0.3) is 5.69 Å². The van der Waals surface area contributed by atoms with Crippen LogP contribution in [0, 0.1) is 10.1 Å². The predicted molar refractivity (Wildman–Crippen MR) is 97.1 cm³/mol. The predicted octanol–water partition coefficient (Wildman–Crippen LogP) is 4.20. The molecule has 0 atom stereocenters. The van der Waals surface area contributed by atoms with Gasteiger partial charge in [-0.25, -0.2) is 4.98 Å². The number of rotatable bonds is 5. The van der Waals surface area contributed by atoms with Crippen LogP contribution in [0.4, 0.5) is 16.5 Å². The minimum atomic E-state index is -0.376. The van der Waals surface area contributed by atoms with Crippen LogP contribution >= 0.6 is 11.3 Å². The highest BCUT2D eigenvalue weighted by Gasteiger charge is 2.23. The van der Waals surface area contributed by atoms with E-state index < -0.39 is 0 Å². The fraction of sp³-hybridized carbons (Fsp3) is 0.0588. The van der Waals surface area contributed by atoms with Crippen LogP contribution in [0.2, 0.25) is 0 Å². The average molecular weight is 351 g/mol. The zero-order valence-corrected chi connectivity index (χ0v) is 13.8. The van der Waals surface area contributed by atoms with Gasteiger partial charge in [0.1, 0.15) is 12.4 Å². The second-order valence-corrected chi connectivity index (χ2v) is 6.33. The molecular weight excluding hydrogens is 338 g/mol. The lowest BCUT2D eigenvalue weighted by Gasteiger charge is -2.21. The van der Waals surface area contributed by atoms with Crippen molar-refractivity contribution in [1.29, 1.82) is 0 Å². The van der Waals surface area contributed by atoms with E-state index in [2.05, 4.69) is 10.1 Å². The summed E-state index contributed by atoms with van der Waals surface area (Å²) in [6.45, 7) is 0.331. The van der Waals surface area contributed by atoms with Gasteiger partial charge in [0.05, 0.1) is 15.1 Å². The zero-order chi connectivity index (χ0) is 17.2. The topological polar surface area (TPSA) is 77.1 Å². The number of thiazole rings is 1. The smallest absolute Gasteiger partial charge is 0.291 e. The van der Waals surface area contributed by atoms with Crippen molar-refractivity contribution in [3.05, 3.63) is 77.1 Å². The Labute approximate surface area is 146 Å². The lowest BCUT2D eigenvalue weighted by molar-refractivity contribution is -0.384. The van der Waals surface area contributed by atoms with Crippen molar-refractivity contribution in [3.63, 3.8) is 0 Å². The SMILES string of the molecule is O=[N+]([O-])c1ccccc1N(Cn1cccn1)c1nc2ccccc2s1. The molecule has 0 amide bonds. The molecule has 2 aromatic carbocycles. The Kier molecular flexibility index (Phi) is 3.87. The summed E-state index contributed by atoms with van der Waals surface area (Å²) in [5.41, 5.74) is 1.39. The molecule has 7 nitrogen and oxygen atoms in total. The van der Waals surface area contributed by atoms with Gasteiger partial charge in [-0.1, -0.05) is 35.6 Å². The van der Waals surface area contributed by atoms with E-state index >= 15 is 0 Å². The molecule has 0 N–H and O–H groups in total. The minimum Gasteiger partial charge on any atom is -0.291 e. The van der Waals surface area contributed by atoms with Crippen molar-refractivity contribution in [2.24, 2.45) is 0 Å². The van der Waals surface area contributed by atoms with Gasteiger partial charge in [-0.3, -0.25) is 19.7 Å². The molecule has 0 bridgehead atoms. The molecule has 0 aliphatic rings. The van der Waals surface area contributed by atoms with Gasteiger partial charge >= 0.3 is 0 Å². The summed E-state index contributed by atoms with van der Waals surface area (Å²) >= 11 is 1.49. The first kappa shape index (κ1) is 15.3. The van der Waals surface area contributed by atoms with E-state index in [0.717, 1.165) is 10.2 Å². The maximum Gasteiger partial charge on any atom is 0.292 e. The maximum absolute atomic E-state index is 11.5. The van der Waals surface area contributed by atoms with E-state index in [-0.39, 0.29) is 10.6 Å². The van der Waals surface area contributed by atoms with Gasteiger partial charge in [-0.15, -0.1) is 0 Å². The summed E-state index contributed by atoms with van der Waals surface area (Å²) in [5, 5.41) is 16.4. The Hall–Kier alpha value is -3.26. The van der Waals surface area contributed by atoms with Gasteiger partial charge in [0, 0.05) is 18.5 Å². The van der Waals surface area contributed by atoms with Crippen LogP contribution in [0.15, 0.2) is 67.0 Å². The highest BCUT2D eigenvalue weighted by Crippen LogP contribution is 2.37. The van der Waals surface area contributed by atoms with E-state index in [4.69, 9.17) is 0 Å². The molecule has 4 rings (SSSR count). The third-order valence-electron chi connectivity index (χ3n) is 3.73. The van der Waals surface area contributed by atoms with E-state index in [1.807, 2.05) is 41.4 Å². The average Bonchev–Trinajstić information content (AvgIpc) is 3.28. The van der Waals surface area contributed by atoms with Crippen molar-refractivity contribution < 1.29 is 4.92 Å². The minimum absolute atomic E-state index is 0.0360. The molecule has 0 unspecified atom stereocenters. The number of benzene rings is 2. The van der Waals surface area contributed by atoms with Crippen LogP contribution in [0.3, 0.4) is 0 Å². The number of fused-ring (bicyclic) bond motifs is 1. The molecule has 4 aromatic rings. The van der Waals surface area contributed by atoms with Crippen LogP contribution in [-0.4, -0.2) is 19.7 Å². The summed E-state index contributed by atoms with van der Waals surface area (Å²) in [4.78, 5) is 17.6. The molecule has 0 saturated carbocycles. The van der Waals surface area contributed by atoms with E-state index in [1.54, 1.807) is 29.1 Å². The number of nitro benzene ring substituents is 1. The molecule has 124 valence electrons. The van der Waals surface area contributed by atoms with Crippen LogP contribution in [-0.2, 0) is 6.67 Å². The molecule has 0 radical (unpaired) electrons. The highest BCUT2D eigenvalue weighted by molar-refractivity contribution is 7.22. The fourth-order valence-electron chi connectivity index (χ4n) is 2.59. The first-order chi connectivity index (χ1) is 12.2. The second kappa shape index (κ2) is 6.33. The van der Waals surface area contributed by atoms with Gasteiger partial charge in [-0.05, 0) is 24.3 Å². The number of nitrogens with zero attached hydrogens (tertiary/aromatic N) is 5. The number of anilines is 2. The molecule has 0 fully saturated rings. The Morgan fingerprint density at radius 1 is 1.12 bits per heavy atom.